The molecule has 0 atom stereocenters. The van der Waals surface area contributed by atoms with Crippen LogP contribution < -0.4 is 4.74 Å². The highest BCUT2D eigenvalue weighted by Gasteiger charge is 2.27. The van der Waals surface area contributed by atoms with E-state index in [0.717, 1.165) is 12.8 Å². The fourth-order valence-electron chi connectivity index (χ4n) is 1.45. The second-order valence-corrected chi connectivity index (χ2v) is 4.20. The summed E-state index contributed by atoms with van der Waals surface area (Å²) in [6.45, 7) is 0. The van der Waals surface area contributed by atoms with Gasteiger partial charge in [-0.1, -0.05) is 0 Å². The molecule has 0 spiro atoms. The number of pyridine rings is 1. The molecule has 5 nitrogen and oxygen atoms in total. The Balaban J connectivity index is 2.42. The molecule has 0 radical (unpaired) electrons. The molecule has 1 saturated carbocycles. The van der Waals surface area contributed by atoms with E-state index in [9.17, 15) is 9.59 Å². The minimum Gasteiger partial charge on any atom is -0.489 e. The third-order valence-electron chi connectivity index (χ3n) is 2.49. The summed E-state index contributed by atoms with van der Waals surface area (Å²) in [5, 5.41) is 0. The predicted octanol–water partition coefficient (Wildman–Crippen LogP) is 1.14. The van der Waals surface area contributed by atoms with E-state index in [0.29, 0.717) is 12.0 Å². The first kappa shape index (κ1) is 11.6. The average molecular weight is 234 g/mol. The number of hydrogen-bond acceptors (Lipinski definition) is 4. The van der Waals surface area contributed by atoms with E-state index in [1.807, 2.05) is 0 Å². The fourth-order valence-corrected chi connectivity index (χ4v) is 1.45. The van der Waals surface area contributed by atoms with Crippen LogP contribution in [-0.2, 0) is 0 Å². The Morgan fingerprint density at radius 2 is 2.24 bits per heavy atom. The Labute approximate surface area is 99.4 Å². The molecule has 0 bridgehead atoms. The van der Waals surface area contributed by atoms with Crippen LogP contribution in [0.1, 0.15) is 33.7 Å². The van der Waals surface area contributed by atoms with Gasteiger partial charge in [-0.15, -0.1) is 0 Å². The van der Waals surface area contributed by atoms with Gasteiger partial charge in [-0.05, 0) is 18.9 Å². The first-order chi connectivity index (χ1) is 8.13. The van der Waals surface area contributed by atoms with Gasteiger partial charge in [-0.25, -0.2) is 0 Å². The summed E-state index contributed by atoms with van der Waals surface area (Å²) in [5.41, 5.74) is 0.376. The molecule has 0 N–H and O–H groups in total. The van der Waals surface area contributed by atoms with Gasteiger partial charge in [0.2, 0.25) is 0 Å². The number of aldehydes is 1. The first-order valence-corrected chi connectivity index (χ1v) is 5.46. The topological polar surface area (TPSA) is 59.5 Å². The summed E-state index contributed by atoms with van der Waals surface area (Å²) in [4.78, 5) is 28.2. The normalized spacial score (nSPS) is 14.2. The Bertz CT molecular complexity index is 453. The average Bonchev–Trinajstić information content (AvgIpc) is 3.11. The third kappa shape index (κ3) is 2.43. The molecular weight excluding hydrogens is 220 g/mol. The number of aromatic nitrogens is 1. The molecular formula is C12H14N2O3. The molecule has 1 aliphatic rings. The van der Waals surface area contributed by atoms with Gasteiger partial charge >= 0.3 is 0 Å². The van der Waals surface area contributed by atoms with Crippen molar-refractivity contribution in [3.05, 3.63) is 23.5 Å². The number of carbonyl (C=O) groups excluding carboxylic acids is 2. The minimum absolute atomic E-state index is 0.127. The smallest absolute Gasteiger partial charge is 0.259 e. The molecule has 1 aromatic rings. The highest BCUT2D eigenvalue weighted by atomic mass is 16.5. The molecule has 1 aliphatic carbocycles. The summed E-state index contributed by atoms with van der Waals surface area (Å²) < 4.78 is 5.62. The summed E-state index contributed by atoms with van der Waals surface area (Å²) in [5.74, 6) is 0.180. The maximum absolute atomic E-state index is 12.0. The summed E-state index contributed by atoms with van der Waals surface area (Å²) in [7, 11) is 3.26. The molecule has 1 aromatic heterocycles. The number of ether oxygens (including phenoxy) is 1. The van der Waals surface area contributed by atoms with Gasteiger partial charge in [0.15, 0.2) is 6.29 Å². The Morgan fingerprint density at radius 3 is 2.76 bits per heavy atom. The Morgan fingerprint density at radius 1 is 1.53 bits per heavy atom. The van der Waals surface area contributed by atoms with E-state index in [-0.39, 0.29) is 23.3 Å². The monoisotopic (exact) mass is 234 g/mol. The van der Waals surface area contributed by atoms with Crippen molar-refractivity contribution in [2.45, 2.75) is 18.9 Å². The number of nitrogens with zero attached hydrogens (tertiary/aromatic N) is 2. The van der Waals surface area contributed by atoms with Crippen molar-refractivity contribution < 1.29 is 14.3 Å². The van der Waals surface area contributed by atoms with Crippen LogP contribution in [-0.4, -0.2) is 42.3 Å². The summed E-state index contributed by atoms with van der Waals surface area (Å²) >= 11 is 0. The third-order valence-corrected chi connectivity index (χ3v) is 2.49. The van der Waals surface area contributed by atoms with Gasteiger partial charge in [0.05, 0.1) is 6.10 Å². The largest absolute Gasteiger partial charge is 0.489 e. The molecule has 0 aromatic carbocycles. The number of amides is 1. The van der Waals surface area contributed by atoms with Crippen molar-refractivity contribution >= 4 is 12.2 Å². The zero-order chi connectivity index (χ0) is 12.4. The summed E-state index contributed by atoms with van der Waals surface area (Å²) in [6.07, 6.45) is 4.22. The van der Waals surface area contributed by atoms with Crippen molar-refractivity contribution in [1.29, 1.82) is 0 Å². The molecule has 1 amide bonds. The van der Waals surface area contributed by atoms with Gasteiger partial charge in [0.1, 0.15) is 17.0 Å². The lowest BCUT2D eigenvalue weighted by Crippen LogP contribution is -2.24. The highest BCUT2D eigenvalue weighted by Crippen LogP contribution is 2.30. The van der Waals surface area contributed by atoms with Crippen LogP contribution >= 0.6 is 0 Å². The Kier molecular flexibility index (Phi) is 3.08. The van der Waals surface area contributed by atoms with E-state index >= 15 is 0 Å². The van der Waals surface area contributed by atoms with E-state index in [1.54, 1.807) is 20.2 Å². The van der Waals surface area contributed by atoms with Crippen molar-refractivity contribution in [2.75, 3.05) is 14.1 Å². The minimum atomic E-state index is -0.268. The van der Waals surface area contributed by atoms with Crippen LogP contribution in [0.3, 0.4) is 0 Å². The summed E-state index contributed by atoms with van der Waals surface area (Å²) in [6, 6.07) is 1.63. The van der Waals surface area contributed by atoms with E-state index in [4.69, 9.17) is 4.74 Å². The van der Waals surface area contributed by atoms with Gasteiger partial charge in [0.25, 0.3) is 5.91 Å². The lowest BCUT2D eigenvalue weighted by molar-refractivity contribution is 0.0818. The predicted molar refractivity (Wildman–Crippen MR) is 61.3 cm³/mol. The molecule has 0 unspecified atom stereocenters. The second kappa shape index (κ2) is 4.53. The van der Waals surface area contributed by atoms with Crippen LogP contribution in [0.5, 0.6) is 5.75 Å². The van der Waals surface area contributed by atoms with Crippen molar-refractivity contribution in [3.8, 4) is 5.75 Å². The Hall–Kier alpha value is -1.91. The number of hydrogen-bond donors (Lipinski definition) is 0. The zero-order valence-electron chi connectivity index (χ0n) is 9.84. The van der Waals surface area contributed by atoms with Crippen molar-refractivity contribution in [2.24, 2.45) is 0 Å². The molecule has 1 fully saturated rings. The lowest BCUT2D eigenvalue weighted by atomic mass is 10.1. The van der Waals surface area contributed by atoms with Crippen LogP contribution in [0.15, 0.2) is 12.3 Å². The van der Waals surface area contributed by atoms with Crippen LogP contribution in [0.2, 0.25) is 0 Å². The molecule has 17 heavy (non-hydrogen) atoms. The van der Waals surface area contributed by atoms with Crippen molar-refractivity contribution in [1.82, 2.24) is 9.88 Å². The molecule has 90 valence electrons. The van der Waals surface area contributed by atoms with E-state index < -0.39 is 0 Å². The molecule has 1 heterocycles. The van der Waals surface area contributed by atoms with Crippen LogP contribution in [0.4, 0.5) is 0 Å². The van der Waals surface area contributed by atoms with E-state index in [2.05, 4.69) is 4.98 Å². The highest BCUT2D eigenvalue weighted by molar-refractivity contribution is 6.02. The SMILES string of the molecule is CN(C)C(=O)c1c(OC2CC2)ccnc1C=O. The van der Waals surface area contributed by atoms with Crippen LogP contribution in [0, 0.1) is 0 Å². The van der Waals surface area contributed by atoms with Gasteiger partial charge < -0.3 is 9.64 Å². The van der Waals surface area contributed by atoms with E-state index in [1.165, 1.54) is 11.1 Å². The number of carbonyl (C=O) groups is 2. The fraction of sp³-hybridized carbons (Fsp3) is 0.417. The molecule has 5 heteroatoms. The molecule has 2 rings (SSSR count). The lowest BCUT2D eigenvalue weighted by Gasteiger charge is -2.15. The standard InChI is InChI=1S/C12H14N2O3/c1-14(2)12(16)11-9(7-15)13-6-5-10(11)17-8-3-4-8/h5-8H,3-4H2,1-2H3. The zero-order valence-corrected chi connectivity index (χ0v) is 9.84. The van der Waals surface area contributed by atoms with Gasteiger partial charge in [0, 0.05) is 20.3 Å². The van der Waals surface area contributed by atoms with Crippen molar-refractivity contribution in [3.63, 3.8) is 0 Å². The first-order valence-electron chi connectivity index (χ1n) is 5.46. The quantitative estimate of drug-likeness (QED) is 0.733. The van der Waals surface area contributed by atoms with Gasteiger partial charge in [-0.2, -0.15) is 0 Å². The number of rotatable bonds is 4. The maximum atomic E-state index is 12.0. The maximum Gasteiger partial charge on any atom is 0.259 e. The molecule has 0 aliphatic heterocycles. The molecule has 0 saturated heterocycles. The van der Waals surface area contributed by atoms with Crippen LogP contribution in [0.25, 0.3) is 0 Å². The second-order valence-electron chi connectivity index (χ2n) is 4.20. The van der Waals surface area contributed by atoms with Gasteiger partial charge in [-0.3, -0.25) is 14.6 Å².